The Morgan fingerprint density at radius 3 is 2.57 bits per heavy atom. The Morgan fingerprint density at radius 2 is 1.86 bits per heavy atom. The molecule has 1 aromatic carbocycles. The van der Waals surface area contributed by atoms with E-state index in [2.05, 4.69) is 29.6 Å². The molecule has 3 N–H and O–H groups in total. The number of benzene rings is 1. The van der Waals surface area contributed by atoms with Crippen molar-refractivity contribution in [1.29, 1.82) is 0 Å². The second-order valence-corrected chi connectivity index (χ2v) is 5.44. The van der Waals surface area contributed by atoms with Crippen LogP contribution in [0, 0.1) is 0 Å². The van der Waals surface area contributed by atoms with Crippen LogP contribution in [0.25, 0.3) is 0 Å². The summed E-state index contributed by atoms with van der Waals surface area (Å²) in [4.78, 5) is 10.3. The Labute approximate surface area is 127 Å². The standard InChI is InChI=1S/C17H27NO3/c19-16(14-18-13-7-6-12-17(20)21)11-5-4-10-15-8-2-1-3-9-15/h1-3,8-9,16,18-19H,4-7,10-14H2,(H,20,21). The predicted octanol–water partition coefficient (Wildman–Crippen LogP) is 2.60. The number of nitrogens with one attached hydrogen (secondary N) is 1. The smallest absolute Gasteiger partial charge is 0.303 e. The van der Waals surface area contributed by atoms with Crippen LogP contribution in [0.15, 0.2) is 30.3 Å². The summed E-state index contributed by atoms with van der Waals surface area (Å²) in [5.41, 5.74) is 1.35. The lowest BCUT2D eigenvalue weighted by atomic mass is 10.1. The van der Waals surface area contributed by atoms with Gasteiger partial charge in [-0.15, -0.1) is 0 Å². The van der Waals surface area contributed by atoms with Crippen molar-refractivity contribution < 1.29 is 15.0 Å². The van der Waals surface area contributed by atoms with Crippen LogP contribution in [0.5, 0.6) is 0 Å². The van der Waals surface area contributed by atoms with E-state index in [0.29, 0.717) is 13.0 Å². The van der Waals surface area contributed by atoms with Crippen molar-refractivity contribution in [2.24, 2.45) is 0 Å². The number of hydrogen-bond donors (Lipinski definition) is 3. The third-order valence-electron chi connectivity index (χ3n) is 3.47. The number of aliphatic carboxylic acids is 1. The van der Waals surface area contributed by atoms with Gasteiger partial charge < -0.3 is 15.5 Å². The van der Waals surface area contributed by atoms with Crippen molar-refractivity contribution in [2.45, 2.75) is 51.0 Å². The van der Waals surface area contributed by atoms with Crippen LogP contribution in [0.2, 0.25) is 0 Å². The summed E-state index contributed by atoms with van der Waals surface area (Å²) < 4.78 is 0. The molecule has 21 heavy (non-hydrogen) atoms. The molecule has 118 valence electrons. The Kier molecular flexibility index (Phi) is 9.49. The molecule has 0 bridgehead atoms. The van der Waals surface area contributed by atoms with Gasteiger partial charge in [-0.2, -0.15) is 0 Å². The normalized spacial score (nSPS) is 12.2. The SMILES string of the molecule is O=C(O)CCCCNCC(O)CCCCc1ccccc1. The van der Waals surface area contributed by atoms with Gasteiger partial charge in [0.15, 0.2) is 0 Å². The van der Waals surface area contributed by atoms with Gasteiger partial charge in [0, 0.05) is 13.0 Å². The van der Waals surface area contributed by atoms with Crippen molar-refractivity contribution in [2.75, 3.05) is 13.1 Å². The maximum Gasteiger partial charge on any atom is 0.303 e. The van der Waals surface area contributed by atoms with E-state index in [9.17, 15) is 9.90 Å². The molecule has 0 amide bonds. The van der Waals surface area contributed by atoms with Crippen LogP contribution in [-0.2, 0) is 11.2 Å². The van der Waals surface area contributed by atoms with Crippen molar-refractivity contribution >= 4 is 5.97 Å². The molecule has 4 nitrogen and oxygen atoms in total. The first-order chi connectivity index (χ1) is 10.2. The van der Waals surface area contributed by atoms with Gasteiger partial charge in [0.05, 0.1) is 6.10 Å². The highest BCUT2D eigenvalue weighted by Crippen LogP contribution is 2.07. The van der Waals surface area contributed by atoms with Crippen LogP contribution in [0.1, 0.15) is 44.1 Å². The number of carbonyl (C=O) groups is 1. The fraction of sp³-hybridized carbons (Fsp3) is 0.588. The number of carboxylic acids is 1. The van der Waals surface area contributed by atoms with Gasteiger partial charge >= 0.3 is 5.97 Å². The van der Waals surface area contributed by atoms with Crippen LogP contribution in [0.3, 0.4) is 0 Å². The third-order valence-corrected chi connectivity index (χ3v) is 3.47. The lowest BCUT2D eigenvalue weighted by Gasteiger charge is -2.11. The molecule has 0 aliphatic carbocycles. The highest BCUT2D eigenvalue weighted by molar-refractivity contribution is 5.66. The first-order valence-electron chi connectivity index (χ1n) is 7.83. The summed E-state index contributed by atoms with van der Waals surface area (Å²) >= 11 is 0. The average Bonchev–Trinajstić information content (AvgIpc) is 2.48. The van der Waals surface area contributed by atoms with E-state index in [0.717, 1.165) is 38.6 Å². The lowest BCUT2D eigenvalue weighted by molar-refractivity contribution is -0.137. The lowest BCUT2D eigenvalue weighted by Crippen LogP contribution is -2.27. The molecule has 1 rings (SSSR count). The molecule has 1 unspecified atom stereocenters. The van der Waals surface area contributed by atoms with Gasteiger partial charge in [-0.05, 0) is 44.2 Å². The number of aryl methyl sites for hydroxylation is 1. The van der Waals surface area contributed by atoms with Crippen molar-refractivity contribution in [3.63, 3.8) is 0 Å². The van der Waals surface area contributed by atoms with Gasteiger partial charge in [0.25, 0.3) is 0 Å². The van der Waals surface area contributed by atoms with Gasteiger partial charge in [-0.1, -0.05) is 36.8 Å². The highest BCUT2D eigenvalue weighted by Gasteiger charge is 2.03. The predicted molar refractivity (Wildman–Crippen MR) is 84.4 cm³/mol. The summed E-state index contributed by atoms with van der Waals surface area (Å²) in [5, 5.41) is 21.5. The van der Waals surface area contributed by atoms with Gasteiger partial charge in [0.1, 0.15) is 0 Å². The third kappa shape index (κ3) is 10.0. The first kappa shape index (κ1) is 17.7. The Hall–Kier alpha value is -1.39. The molecular formula is C17H27NO3. The van der Waals surface area contributed by atoms with Crippen LogP contribution < -0.4 is 5.32 Å². The fourth-order valence-corrected chi connectivity index (χ4v) is 2.25. The zero-order chi connectivity index (χ0) is 15.3. The van der Waals surface area contributed by atoms with Gasteiger partial charge in [-0.3, -0.25) is 4.79 Å². The topological polar surface area (TPSA) is 69.6 Å². The molecule has 0 radical (unpaired) electrons. The molecule has 0 saturated heterocycles. The molecule has 4 heteroatoms. The monoisotopic (exact) mass is 293 g/mol. The minimum Gasteiger partial charge on any atom is -0.481 e. The van der Waals surface area contributed by atoms with E-state index in [-0.39, 0.29) is 12.5 Å². The number of carboxylic acid groups (broad SMARTS) is 1. The highest BCUT2D eigenvalue weighted by atomic mass is 16.4. The number of rotatable bonds is 12. The molecule has 0 aliphatic heterocycles. The van der Waals surface area contributed by atoms with E-state index in [1.54, 1.807) is 0 Å². The molecule has 1 atom stereocenters. The molecule has 0 aliphatic rings. The molecule has 0 aromatic heterocycles. The van der Waals surface area contributed by atoms with Crippen molar-refractivity contribution in [3.8, 4) is 0 Å². The quantitative estimate of drug-likeness (QED) is 0.518. The summed E-state index contributed by atoms with van der Waals surface area (Å²) in [6.45, 7) is 1.37. The summed E-state index contributed by atoms with van der Waals surface area (Å²) in [6, 6.07) is 10.4. The average molecular weight is 293 g/mol. The minimum absolute atomic E-state index is 0.226. The van der Waals surface area contributed by atoms with E-state index in [1.807, 2.05) is 6.07 Å². The first-order valence-corrected chi connectivity index (χ1v) is 7.83. The van der Waals surface area contributed by atoms with E-state index in [4.69, 9.17) is 5.11 Å². The molecule has 0 saturated carbocycles. The molecule has 1 aromatic rings. The van der Waals surface area contributed by atoms with E-state index < -0.39 is 5.97 Å². The molecule has 0 spiro atoms. The number of aliphatic hydroxyl groups is 1. The number of aliphatic hydroxyl groups excluding tert-OH is 1. The zero-order valence-electron chi connectivity index (χ0n) is 12.6. The maximum absolute atomic E-state index is 10.3. The number of hydrogen-bond acceptors (Lipinski definition) is 3. The number of unbranched alkanes of at least 4 members (excludes halogenated alkanes) is 2. The van der Waals surface area contributed by atoms with Gasteiger partial charge in [-0.25, -0.2) is 0 Å². The summed E-state index contributed by atoms with van der Waals surface area (Å²) in [6.07, 6.45) is 5.45. The van der Waals surface area contributed by atoms with Crippen molar-refractivity contribution in [3.05, 3.63) is 35.9 Å². The zero-order valence-corrected chi connectivity index (χ0v) is 12.6. The molecule has 0 heterocycles. The summed E-state index contributed by atoms with van der Waals surface area (Å²) in [7, 11) is 0. The van der Waals surface area contributed by atoms with Crippen molar-refractivity contribution in [1.82, 2.24) is 5.32 Å². The van der Waals surface area contributed by atoms with Crippen LogP contribution in [-0.4, -0.2) is 35.4 Å². The van der Waals surface area contributed by atoms with Gasteiger partial charge in [0.2, 0.25) is 0 Å². The Morgan fingerprint density at radius 1 is 1.10 bits per heavy atom. The second-order valence-electron chi connectivity index (χ2n) is 5.44. The minimum atomic E-state index is -0.742. The summed E-state index contributed by atoms with van der Waals surface area (Å²) in [5.74, 6) is -0.742. The Bertz CT molecular complexity index is 381. The second kappa shape index (κ2) is 11.3. The van der Waals surface area contributed by atoms with E-state index >= 15 is 0 Å². The fourth-order valence-electron chi connectivity index (χ4n) is 2.25. The van der Waals surface area contributed by atoms with Crippen LogP contribution in [0.4, 0.5) is 0 Å². The van der Waals surface area contributed by atoms with E-state index in [1.165, 1.54) is 5.56 Å². The largest absolute Gasteiger partial charge is 0.481 e. The Balaban J connectivity index is 1.92. The van der Waals surface area contributed by atoms with Crippen LogP contribution >= 0.6 is 0 Å². The maximum atomic E-state index is 10.3. The molecule has 0 fully saturated rings. The molecular weight excluding hydrogens is 266 g/mol.